The lowest BCUT2D eigenvalue weighted by Gasteiger charge is -2.24. The van der Waals surface area contributed by atoms with Crippen molar-refractivity contribution < 1.29 is 4.79 Å². The summed E-state index contributed by atoms with van der Waals surface area (Å²) in [7, 11) is 0. The van der Waals surface area contributed by atoms with Gasteiger partial charge in [-0.2, -0.15) is 0 Å². The molecule has 1 aromatic heterocycles. The van der Waals surface area contributed by atoms with E-state index in [0.717, 1.165) is 24.9 Å². The van der Waals surface area contributed by atoms with Gasteiger partial charge in [-0.3, -0.25) is 4.79 Å². The molecule has 126 valence electrons. The Morgan fingerprint density at radius 3 is 2.67 bits per heavy atom. The van der Waals surface area contributed by atoms with Gasteiger partial charge in [0.2, 0.25) is 5.91 Å². The van der Waals surface area contributed by atoms with Gasteiger partial charge in [-0.25, -0.2) is 4.98 Å². The summed E-state index contributed by atoms with van der Waals surface area (Å²) in [5, 5.41) is 2.92. The number of anilines is 3. The molecule has 1 aliphatic heterocycles. The number of para-hydroxylation sites is 1. The number of nitrogens with one attached hydrogen (secondary N) is 1. The highest BCUT2D eigenvalue weighted by Crippen LogP contribution is 2.37. The van der Waals surface area contributed by atoms with Crippen molar-refractivity contribution in [1.82, 2.24) is 4.98 Å². The predicted molar refractivity (Wildman–Crippen MR) is 98.7 cm³/mol. The largest absolute Gasteiger partial charge is 0.337 e. The number of carbonyl (C=O) groups excluding carboxylic acids is 1. The molecule has 1 aromatic carbocycles. The molecule has 1 unspecified atom stereocenters. The van der Waals surface area contributed by atoms with Crippen molar-refractivity contribution >= 4 is 23.1 Å². The summed E-state index contributed by atoms with van der Waals surface area (Å²) < 4.78 is 0. The van der Waals surface area contributed by atoms with Crippen LogP contribution in [0.1, 0.15) is 39.2 Å². The smallest absolute Gasteiger partial charge is 0.228 e. The molecule has 24 heavy (non-hydrogen) atoms. The third kappa shape index (κ3) is 3.14. The van der Waals surface area contributed by atoms with Crippen LogP contribution in [-0.4, -0.2) is 16.9 Å². The van der Waals surface area contributed by atoms with Crippen LogP contribution < -0.4 is 10.2 Å². The zero-order chi connectivity index (χ0) is 17.1. The number of carbonyl (C=O) groups is 1. The molecule has 4 heteroatoms. The van der Waals surface area contributed by atoms with Crippen LogP contribution >= 0.6 is 0 Å². The highest BCUT2D eigenvalue weighted by atomic mass is 16.1. The van der Waals surface area contributed by atoms with E-state index in [0.29, 0.717) is 11.9 Å². The number of benzene rings is 1. The monoisotopic (exact) mass is 323 g/mol. The molecule has 2 aromatic rings. The zero-order valence-electron chi connectivity index (χ0n) is 14.6. The molecule has 3 rings (SSSR count). The Morgan fingerprint density at radius 2 is 2.00 bits per heavy atom. The highest BCUT2D eigenvalue weighted by Gasteiger charge is 2.26. The molecule has 0 saturated heterocycles. The van der Waals surface area contributed by atoms with E-state index in [1.165, 1.54) is 11.3 Å². The molecule has 4 nitrogen and oxygen atoms in total. The first-order valence-electron chi connectivity index (χ1n) is 8.78. The van der Waals surface area contributed by atoms with Gasteiger partial charge in [0.15, 0.2) is 0 Å². The number of pyridine rings is 1. The second-order valence-corrected chi connectivity index (χ2v) is 6.46. The van der Waals surface area contributed by atoms with E-state index >= 15 is 0 Å². The Balaban J connectivity index is 1.77. The van der Waals surface area contributed by atoms with Crippen molar-refractivity contribution in [3.8, 4) is 0 Å². The van der Waals surface area contributed by atoms with Crippen LogP contribution in [0.15, 0.2) is 42.6 Å². The number of amides is 1. The van der Waals surface area contributed by atoms with Gasteiger partial charge in [0.25, 0.3) is 0 Å². The summed E-state index contributed by atoms with van der Waals surface area (Å²) in [4.78, 5) is 18.9. The van der Waals surface area contributed by atoms with Gasteiger partial charge in [-0.05, 0) is 49.9 Å². The van der Waals surface area contributed by atoms with E-state index in [1.807, 2.05) is 32.2 Å². The molecule has 1 aliphatic rings. The van der Waals surface area contributed by atoms with Crippen LogP contribution in [0, 0.1) is 5.92 Å². The Morgan fingerprint density at radius 1 is 1.25 bits per heavy atom. The quantitative estimate of drug-likeness (QED) is 0.878. The molecule has 0 bridgehead atoms. The van der Waals surface area contributed by atoms with Gasteiger partial charge < -0.3 is 10.2 Å². The normalized spacial score (nSPS) is 16.3. The Kier molecular flexibility index (Phi) is 4.84. The van der Waals surface area contributed by atoms with E-state index < -0.39 is 0 Å². The van der Waals surface area contributed by atoms with E-state index in [-0.39, 0.29) is 11.8 Å². The van der Waals surface area contributed by atoms with Gasteiger partial charge in [0, 0.05) is 17.6 Å². The number of nitrogens with zero attached hydrogens (tertiary/aromatic N) is 2. The summed E-state index contributed by atoms with van der Waals surface area (Å²) >= 11 is 0. The molecule has 1 atom stereocenters. The van der Waals surface area contributed by atoms with Crippen molar-refractivity contribution in [2.24, 2.45) is 5.92 Å². The van der Waals surface area contributed by atoms with Crippen LogP contribution in [0.2, 0.25) is 0 Å². The predicted octanol–water partition coefficient (Wildman–Crippen LogP) is 4.54. The fraction of sp³-hybridized carbons (Fsp3) is 0.400. The lowest BCUT2D eigenvalue weighted by atomic mass is 10.0. The van der Waals surface area contributed by atoms with E-state index in [1.54, 1.807) is 0 Å². The minimum atomic E-state index is 0.0527. The van der Waals surface area contributed by atoms with Gasteiger partial charge in [0.1, 0.15) is 5.82 Å². The molecule has 0 saturated carbocycles. The van der Waals surface area contributed by atoms with Crippen LogP contribution in [0.5, 0.6) is 0 Å². The van der Waals surface area contributed by atoms with Crippen LogP contribution in [0.25, 0.3) is 0 Å². The molecular weight excluding hydrogens is 298 g/mol. The third-order valence-corrected chi connectivity index (χ3v) is 4.84. The first-order valence-corrected chi connectivity index (χ1v) is 8.78. The molecule has 2 heterocycles. The van der Waals surface area contributed by atoms with Crippen LogP contribution in [-0.2, 0) is 11.2 Å². The highest BCUT2D eigenvalue weighted by molar-refractivity contribution is 5.91. The SMILES string of the molecule is CCC(CC)C(=O)Nc1ccc(N2c3ccccc3CC2C)cn1. The number of hydrogen-bond acceptors (Lipinski definition) is 3. The Labute approximate surface area is 143 Å². The molecule has 1 N–H and O–H groups in total. The fourth-order valence-electron chi connectivity index (χ4n) is 3.45. The maximum absolute atomic E-state index is 12.2. The van der Waals surface area contributed by atoms with Crippen LogP contribution in [0.4, 0.5) is 17.2 Å². The van der Waals surface area contributed by atoms with Gasteiger partial charge in [-0.15, -0.1) is 0 Å². The van der Waals surface area contributed by atoms with Gasteiger partial charge in [0.05, 0.1) is 11.9 Å². The van der Waals surface area contributed by atoms with Crippen molar-refractivity contribution in [1.29, 1.82) is 0 Å². The van der Waals surface area contributed by atoms with E-state index in [4.69, 9.17) is 0 Å². The van der Waals surface area contributed by atoms with E-state index in [2.05, 4.69) is 46.4 Å². The fourth-order valence-corrected chi connectivity index (χ4v) is 3.45. The van der Waals surface area contributed by atoms with Crippen molar-refractivity contribution in [3.63, 3.8) is 0 Å². The minimum absolute atomic E-state index is 0.0527. The summed E-state index contributed by atoms with van der Waals surface area (Å²) in [6, 6.07) is 12.8. The van der Waals surface area contributed by atoms with Crippen molar-refractivity contribution in [3.05, 3.63) is 48.2 Å². The maximum atomic E-state index is 12.2. The summed E-state index contributed by atoms with van der Waals surface area (Å²) in [6.07, 6.45) is 4.59. The average Bonchev–Trinajstić information content (AvgIpc) is 2.92. The number of aromatic nitrogens is 1. The lowest BCUT2D eigenvalue weighted by molar-refractivity contribution is -0.120. The Bertz CT molecular complexity index is 707. The molecule has 0 spiro atoms. The number of hydrogen-bond donors (Lipinski definition) is 1. The number of fused-ring (bicyclic) bond motifs is 1. The average molecular weight is 323 g/mol. The van der Waals surface area contributed by atoms with Crippen LogP contribution in [0.3, 0.4) is 0 Å². The van der Waals surface area contributed by atoms with Gasteiger partial charge >= 0.3 is 0 Å². The third-order valence-electron chi connectivity index (χ3n) is 4.84. The standard InChI is InChI=1S/C20H25N3O/c1-4-15(5-2)20(24)22-19-11-10-17(13-21-19)23-14(3)12-16-8-6-7-9-18(16)23/h6-11,13-15H,4-5,12H2,1-3H3,(H,21,22,24). The lowest BCUT2D eigenvalue weighted by Crippen LogP contribution is -2.24. The van der Waals surface area contributed by atoms with E-state index in [9.17, 15) is 4.79 Å². The first kappa shape index (κ1) is 16.5. The Hall–Kier alpha value is -2.36. The molecular formula is C20H25N3O. The molecule has 0 aliphatic carbocycles. The van der Waals surface area contributed by atoms with Crippen molar-refractivity contribution in [2.75, 3.05) is 10.2 Å². The summed E-state index contributed by atoms with van der Waals surface area (Å²) in [6.45, 7) is 6.30. The maximum Gasteiger partial charge on any atom is 0.228 e. The summed E-state index contributed by atoms with van der Waals surface area (Å²) in [5.74, 6) is 0.730. The summed E-state index contributed by atoms with van der Waals surface area (Å²) in [5.41, 5.74) is 3.68. The topological polar surface area (TPSA) is 45.2 Å². The second kappa shape index (κ2) is 7.04. The molecule has 0 radical (unpaired) electrons. The first-order chi connectivity index (χ1) is 11.6. The second-order valence-electron chi connectivity index (χ2n) is 6.46. The number of rotatable bonds is 5. The van der Waals surface area contributed by atoms with Crippen molar-refractivity contribution in [2.45, 2.75) is 46.1 Å². The molecule has 0 fully saturated rings. The zero-order valence-corrected chi connectivity index (χ0v) is 14.6. The minimum Gasteiger partial charge on any atom is -0.337 e. The molecule has 1 amide bonds. The van der Waals surface area contributed by atoms with Gasteiger partial charge in [-0.1, -0.05) is 32.0 Å².